The minimum atomic E-state index is -0.592. The zero-order valence-electron chi connectivity index (χ0n) is 19.9. The second-order valence-corrected chi connectivity index (χ2v) is 8.27. The Morgan fingerprint density at radius 3 is 1.54 bits per heavy atom. The molecule has 1 aliphatic heterocycles. The number of rotatable bonds is 0. The summed E-state index contributed by atoms with van der Waals surface area (Å²) >= 11 is 0. The van der Waals surface area contributed by atoms with E-state index in [1.165, 1.54) is 0 Å². The Hall–Kier alpha value is -4.64. The van der Waals surface area contributed by atoms with Crippen LogP contribution in [-0.4, -0.2) is 45.3 Å². The van der Waals surface area contributed by atoms with E-state index in [4.69, 9.17) is 9.47 Å². The van der Waals surface area contributed by atoms with Gasteiger partial charge in [0.1, 0.15) is 11.6 Å². The summed E-state index contributed by atoms with van der Waals surface area (Å²) in [6.45, 7) is 1.39. The number of anilines is 2. The molecule has 0 atom stereocenters. The number of carbonyl (C=O) groups excluding carboxylic acids is 2. The molecule has 11 heteroatoms. The second kappa shape index (κ2) is 11.4. The summed E-state index contributed by atoms with van der Waals surface area (Å²) in [4.78, 5) is 42.3. The average molecular weight is 500 g/mol. The number of amides is 2. The van der Waals surface area contributed by atoms with E-state index in [2.05, 4.69) is 35.9 Å². The van der Waals surface area contributed by atoms with Crippen LogP contribution < -0.4 is 16.0 Å². The summed E-state index contributed by atoms with van der Waals surface area (Å²) in [5.41, 5.74) is 2.63. The van der Waals surface area contributed by atoms with Crippen molar-refractivity contribution >= 4 is 45.9 Å². The molecule has 0 fully saturated rings. The summed E-state index contributed by atoms with van der Waals surface area (Å²) in [5.74, 6) is 0.720. The van der Waals surface area contributed by atoms with Gasteiger partial charge in [0.15, 0.2) is 11.3 Å². The second-order valence-electron chi connectivity index (χ2n) is 8.27. The van der Waals surface area contributed by atoms with Crippen molar-refractivity contribution in [1.29, 1.82) is 0 Å². The van der Waals surface area contributed by atoms with E-state index in [1.807, 2.05) is 48.6 Å². The topological polar surface area (TPSA) is 140 Å². The highest BCUT2D eigenvalue weighted by Gasteiger charge is 2.09. The number of fused-ring (bicyclic) bond motifs is 4. The standard InChI is InChI=1S/C26H25N7O4/c34-25-32-21-11-7-17-5-9-19(28-23(17)30-21)15-27-16-20-10-6-18-8-12-22(31-24(18)29-20)33-26(35)37-14-4-2-1-3-13-36-25/h1-2,5-12,27H,3-4,13-16H2,(H,28,30,32,34)(H,29,31,33,35)/b2-1+. The lowest BCUT2D eigenvalue weighted by Crippen LogP contribution is -2.16. The van der Waals surface area contributed by atoms with Crippen molar-refractivity contribution in [2.24, 2.45) is 0 Å². The number of carbonyl (C=O) groups is 2. The van der Waals surface area contributed by atoms with Crippen molar-refractivity contribution in [2.75, 3.05) is 23.8 Å². The number of nitrogens with zero attached hydrogens (tertiary/aromatic N) is 4. The molecule has 2 amide bonds. The molecule has 0 saturated heterocycles. The first-order chi connectivity index (χ1) is 18.1. The van der Waals surface area contributed by atoms with Gasteiger partial charge in [-0.25, -0.2) is 29.5 Å². The first-order valence-corrected chi connectivity index (χ1v) is 11.9. The van der Waals surface area contributed by atoms with Crippen LogP contribution in [0.25, 0.3) is 22.1 Å². The molecule has 4 aromatic rings. The van der Waals surface area contributed by atoms with Gasteiger partial charge in [-0.15, -0.1) is 0 Å². The van der Waals surface area contributed by atoms with Crippen molar-refractivity contribution in [3.8, 4) is 0 Å². The Morgan fingerprint density at radius 1 is 0.595 bits per heavy atom. The fourth-order valence-electron chi connectivity index (χ4n) is 3.69. The van der Waals surface area contributed by atoms with Gasteiger partial charge in [-0.1, -0.05) is 12.2 Å². The Kier molecular flexibility index (Phi) is 7.42. The van der Waals surface area contributed by atoms with Crippen molar-refractivity contribution in [2.45, 2.75) is 25.9 Å². The van der Waals surface area contributed by atoms with Crippen LogP contribution in [0.5, 0.6) is 0 Å². The normalized spacial score (nSPS) is 16.5. The lowest BCUT2D eigenvalue weighted by atomic mass is 10.2. The molecule has 3 N–H and O–H groups in total. The molecule has 1 aliphatic rings. The maximum atomic E-state index is 12.1. The Labute approximate surface area is 212 Å². The summed E-state index contributed by atoms with van der Waals surface area (Å²) in [6, 6.07) is 14.8. The van der Waals surface area contributed by atoms with Gasteiger partial charge in [0.25, 0.3) is 0 Å². The van der Waals surface area contributed by atoms with E-state index in [9.17, 15) is 9.59 Å². The molecule has 5 rings (SSSR count). The number of pyridine rings is 4. The predicted octanol–water partition coefficient (Wildman–Crippen LogP) is 4.31. The van der Waals surface area contributed by atoms with Gasteiger partial charge >= 0.3 is 12.2 Å². The highest BCUT2D eigenvalue weighted by atomic mass is 16.6. The van der Waals surface area contributed by atoms with E-state index in [-0.39, 0.29) is 13.2 Å². The summed E-state index contributed by atoms with van der Waals surface area (Å²) in [6.07, 6.45) is 3.59. The van der Waals surface area contributed by atoms with Crippen LogP contribution in [0.15, 0.2) is 60.7 Å². The van der Waals surface area contributed by atoms with Gasteiger partial charge in [0.2, 0.25) is 0 Å². The van der Waals surface area contributed by atoms with Crippen LogP contribution in [-0.2, 0) is 22.6 Å². The highest BCUT2D eigenvalue weighted by Crippen LogP contribution is 2.16. The fourth-order valence-corrected chi connectivity index (χ4v) is 3.69. The molecular formula is C26H25N7O4. The lowest BCUT2D eigenvalue weighted by molar-refractivity contribution is 0.161. The third-order valence-corrected chi connectivity index (χ3v) is 5.49. The molecule has 188 valence electrons. The van der Waals surface area contributed by atoms with Crippen molar-refractivity contribution < 1.29 is 19.1 Å². The molecule has 0 aliphatic carbocycles. The molecule has 0 spiro atoms. The number of aromatic nitrogens is 4. The van der Waals surface area contributed by atoms with Crippen LogP contribution in [0.1, 0.15) is 24.2 Å². The van der Waals surface area contributed by atoms with E-state index in [0.717, 1.165) is 22.2 Å². The number of hydrogen-bond donors (Lipinski definition) is 3. The van der Waals surface area contributed by atoms with Crippen molar-refractivity contribution in [3.05, 3.63) is 72.1 Å². The summed E-state index contributed by atoms with van der Waals surface area (Å²) < 4.78 is 10.4. The van der Waals surface area contributed by atoms with Crippen molar-refractivity contribution in [3.63, 3.8) is 0 Å². The van der Waals surface area contributed by atoms with Crippen LogP contribution >= 0.6 is 0 Å². The Bertz CT molecular complexity index is 1370. The van der Waals surface area contributed by atoms with Crippen LogP contribution in [0.3, 0.4) is 0 Å². The van der Waals surface area contributed by atoms with Gasteiger partial charge in [-0.3, -0.25) is 10.6 Å². The molecule has 0 radical (unpaired) electrons. The number of ether oxygens (including phenoxy) is 2. The number of hydrogen-bond acceptors (Lipinski definition) is 9. The minimum absolute atomic E-state index is 0.203. The first kappa shape index (κ1) is 24.1. The van der Waals surface area contributed by atoms with Crippen molar-refractivity contribution in [1.82, 2.24) is 25.3 Å². The molecule has 11 nitrogen and oxygen atoms in total. The average Bonchev–Trinajstić information content (AvgIpc) is 2.89. The van der Waals surface area contributed by atoms with Crippen LogP contribution in [0.2, 0.25) is 0 Å². The van der Waals surface area contributed by atoms with Gasteiger partial charge in [-0.05, 0) is 61.4 Å². The SMILES string of the molecule is O=C1Nc2ccc3ccc(nc3n2)CNCc2ccc3ccc(nc3n2)NC(=O)OCC/C=C/CCO1. The van der Waals surface area contributed by atoms with Gasteiger partial charge in [-0.2, -0.15) is 0 Å². The zero-order valence-corrected chi connectivity index (χ0v) is 19.9. The monoisotopic (exact) mass is 499 g/mol. The molecule has 0 aromatic carbocycles. The quantitative estimate of drug-likeness (QED) is 0.302. The van der Waals surface area contributed by atoms with E-state index < -0.39 is 12.2 Å². The van der Waals surface area contributed by atoms with Gasteiger partial charge in [0.05, 0.1) is 24.6 Å². The molecular weight excluding hydrogens is 474 g/mol. The third kappa shape index (κ3) is 6.53. The molecule has 0 unspecified atom stereocenters. The summed E-state index contributed by atoms with van der Waals surface area (Å²) in [7, 11) is 0. The smallest absolute Gasteiger partial charge is 0.412 e. The van der Waals surface area contributed by atoms with E-state index in [0.29, 0.717) is 48.9 Å². The third-order valence-electron chi connectivity index (χ3n) is 5.49. The van der Waals surface area contributed by atoms with Crippen LogP contribution in [0.4, 0.5) is 21.2 Å². The maximum Gasteiger partial charge on any atom is 0.412 e. The maximum absolute atomic E-state index is 12.1. The molecule has 37 heavy (non-hydrogen) atoms. The Morgan fingerprint density at radius 2 is 1.05 bits per heavy atom. The lowest BCUT2D eigenvalue weighted by Gasteiger charge is -2.08. The number of nitrogens with one attached hydrogen (secondary N) is 3. The first-order valence-electron chi connectivity index (χ1n) is 11.9. The fraction of sp³-hybridized carbons (Fsp3) is 0.231. The largest absolute Gasteiger partial charge is 0.449 e. The van der Waals surface area contributed by atoms with Gasteiger partial charge < -0.3 is 14.8 Å². The van der Waals surface area contributed by atoms with Crippen LogP contribution in [0, 0.1) is 0 Å². The molecule has 6 bridgehead atoms. The molecule has 4 aromatic heterocycles. The highest BCUT2D eigenvalue weighted by molar-refractivity contribution is 5.86. The summed E-state index contributed by atoms with van der Waals surface area (Å²) in [5, 5.41) is 10.3. The molecule has 0 saturated carbocycles. The predicted molar refractivity (Wildman–Crippen MR) is 138 cm³/mol. The Balaban J connectivity index is 1.35. The number of cyclic esters (lactones) is 2. The molecule has 5 heterocycles. The van der Waals surface area contributed by atoms with Gasteiger partial charge in [0, 0.05) is 23.9 Å². The minimum Gasteiger partial charge on any atom is -0.449 e. The van der Waals surface area contributed by atoms with E-state index >= 15 is 0 Å². The van der Waals surface area contributed by atoms with E-state index in [1.54, 1.807) is 12.1 Å². The zero-order chi connectivity index (χ0) is 25.5.